The summed E-state index contributed by atoms with van der Waals surface area (Å²) in [7, 11) is 0. The molecule has 3 aliphatic rings. The maximum atomic E-state index is 6.02. The van der Waals surface area contributed by atoms with Crippen molar-refractivity contribution in [2.45, 2.75) is 56.6 Å². The number of fused-ring (bicyclic) bond motifs is 1. The van der Waals surface area contributed by atoms with Crippen LogP contribution >= 0.6 is 24.0 Å². The summed E-state index contributed by atoms with van der Waals surface area (Å²) >= 11 is 6.60. The molecule has 4 atom stereocenters. The fourth-order valence-corrected chi connectivity index (χ4v) is 3.39. The average Bonchev–Trinajstić information content (AvgIpc) is 2.97. The van der Waals surface area contributed by atoms with Gasteiger partial charge in [0, 0.05) is 6.42 Å². The molecule has 0 radical (unpaired) electrons. The Morgan fingerprint density at radius 3 is 2.75 bits per heavy atom. The van der Waals surface area contributed by atoms with Crippen LogP contribution in [0.15, 0.2) is 0 Å². The smallest absolute Gasteiger partial charge is 0.220 e. The molecule has 0 bridgehead atoms. The maximum Gasteiger partial charge on any atom is 0.220 e. The van der Waals surface area contributed by atoms with Crippen molar-refractivity contribution in [1.29, 1.82) is 0 Å². The fourth-order valence-electron chi connectivity index (χ4n) is 3.09. The van der Waals surface area contributed by atoms with Crippen LogP contribution in [0.5, 0.6) is 0 Å². The first-order chi connectivity index (χ1) is 9.46. The van der Waals surface area contributed by atoms with Crippen LogP contribution < -0.4 is 0 Å². The summed E-state index contributed by atoms with van der Waals surface area (Å²) in [4.78, 5) is 0. The molecule has 3 rings (SSSR count). The summed E-state index contributed by atoms with van der Waals surface area (Å²) in [5.41, 5.74) is 0. The van der Waals surface area contributed by atoms with E-state index in [9.17, 15) is 0 Å². The van der Waals surface area contributed by atoms with Crippen LogP contribution in [0.2, 0.25) is 0 Å². The molecule has 0 amide bonds. The average molecular weight is 320 g/mol. The number of rotatable bonds is 1. The monoisotopic (exact) mass is 320 g/mol. The lowest BCUT2D eigenvalue weighted by atomic mass is 9.94. The first-order valence-electron chi connectivity index (χ1n) is 6.84. The minimum absolute atomic E-state index is 0.144. The minimum atomic E-state index is -0.745. The molecule has 3 fully saturated rings. The lowest BCUT2D eigenvalue weighted by Crippen LogP contribution is -2.61. The molecule has 5 nitrogen and oxygen atoms in total. The van der Waals surface area contributed by atoms with Gasteiger partial charge in [0.15, 0.2) is 11.9 Å². The summed E-state index contributed by atoms with van der Waals surface area (Å²) in [6.07, 6.45) is 2.89. The van der Waals surface area contributed by atoms with Crippen molar-refractivity contribution in [3.05, 3.63) is 0 Å². The van der Waals surface area contributed by atoms with Crippen LogP contribution in [0.1, 0.15) is 26.7 Å². The number of hydrogen-bond acceptors (Lipinski definition) is 7. The number of thiocarbonyl (C=S) groups is 1. The van der Waals surface area contributed by atoms with Crippen molar-refractivity contribution in [1.82, 2.24) is 0 Å². The van der Waals surface area contributed by atoms with E-state index in [-0.39, 0.29) is 18.3 Å². The molecular weight excluding hydrogens is 300 g/mol. The summed E-state index contributed by atoms with van der Waals surface area (Å²) in [6.45, 7) is 4.93. The molecule has 3 heterocycles. The van der Waals surface area contributed by atoms with Gasteiger partial charge in [0.1, 0.15) is 12.2 Å². The van der Waals surface area contributed by atoms with E-state index in [1.165, 1.54) is 11.8 Å². The number of ether oxygens (including phenoxy) is 5. The van der Waals surface area contributed by atoms with Gasteiger partial charge in [-0.05, 0) is 38.7 Å². The highest BCUT2D eigenvalue weighted by Gasteiger charge is 2.60. The van der Waals surface area contributed by atoms with Crippen molar-refractivity contribution in [2.24, 2.45) is 0 Å². The molecule has 0 aromatic rings. The Bertz CT molecular complexity index is 394. The molecule has 0 N–H and O–H groups in total. The highest BCUT2D eigenvalue weighted by atomic mass is 32.2. The van der Waals surface area contributed by atoms with E-state index in [0.717, 1.165) is 12.8 Å². The predicted octanol–water partition coefficient (Wildman–Crippen LogP) is 2.08. The van der Waals surface area contributed by atoms with Gasteiger partial charge in [-0.3, -0.25) is 0 Å². The molecule has 0 unspecified atom stereocenters. The van der Waals surface area contributed by atoms with Gasteiger partial charge in [-0.25, -0.2) is 0 Å². The van der Waals surface area contributed by atoms with Crippen LogP contribution in [0, 0.1) is 0 Å². The van der Waals surface area contributed by atoms with Gasteiger partial charge in [0.05, 0.1) is 13.2 Å². The second kappa shape index (κ2) is 5.37. The normalized spacial score (nSPS) is 42.6. The van der Waals surface area contributed by atoms with E-state index < -0.39 is 11.6 Å². The molecule has 7 heteroatoms. The zero-order valence-corrected chi connectivity index (χ0v) is 13.6. The van der Waals surface area contributed by atoms with Crippen LogP contribution in [0.3, 0.4) is 0 Å². The third-order valence-electron chi connectivity index (χ3n) is 3.85. The van der Waals surface area contributed by atoms with Gasteiger partial charge in [0.25, 0.3) is 0 Å². The van der Waals surface area contributed by atoms with Crippen molar-refractivity contribution in [3.8, 4) is 0 Å². The lowest BCUT2D eigenvalue weighted by Gasteiger charge is -2.43. The molecule has 114 valence electrons. The van der Waals surface area contributed by atoms with Crippen LogP contribution in [-0.2, 0) is 23.7 Å². The van der Waals surface area contributed by atoms with Crippen molar-refractivity contribution in [3.63, 3.8) is 0 Å². The van der Waals surface area contributed by atoms with E-state index in [1.807, 2.05) is 20.1 Å². The first-order valence-corrected chi connectivity index (χ1v) is 8.47. The second-order valence-corrected chi connectivity index (χ2v) is 7.11. The molecule has 3 aliphatic heterocycles. The molecular formula is C13H20O5S2. The van der Waals surface area contributed by atoms with Crippen molar-refractivity contribution >= 4 is 28.4 Å². The fraction of sp³-hybridized carbons (Fsp3) is 0.923. The largest absolute Gasteiger partial charge is 0.467 e. The van der Waals surface area contributed by atoms with Gasteiger partial charge in [0.2, 0.25) is 10.2 Å². The Labute approximate surface area is 128 Å². The highest BCUT2D eigenvalue weighted by molar-refractivity contribution is 8.22. The van der Waals surface area contributed by atoms with Gasteiger partial charge in [-0.15, -0.1) is 0 Å². The van der Waals surface area contributed by atoms with Gasteiger partial charge < -0.3 is 23.7 Å². The molecule has 20 heavy (non-hydrogen) atoms. The van der Waals surface area contributed by atoms with Gasteiger partial charge in [-0.1, -0.05) is 11.8 Å². The SMILES string of the molecule is CSC(=S)O[C@H]1[C@@H]2OC(C)(C)O[C@@H]2CO[C@]12CCCO2. The predicted molar refractivity (Wildman–Crippen MR) is 78.7 cm³/mol. The third kappa shape index (κ3) is 2.60. The van der Waals surface area contributed by atoms with Gasteiger partial charge >= 0.3 is 0 Å². The van der Waals surface area contributed by atoms with Crippen LogP contribution in [-0.4, -0.2) is 53.7 Å². The zero-order chi connectivity index (χ0) is 14.4. The first kappa shape index (κ1) is 15.0. The molecule has 3 saturated heterocycles. The molecule has 0 aromatic heterocycles. The Morgan fingerprint density at radius 2 is 2.10 bits per heavy atom. The standard InChI is InChI=1S/C13H20O5S2/c1-12(2)17-8-7-15-13(5-4-6-14-13)10(9(8)18-12)16-11(19)20-3/h8-10H,4-7H2,1-3H3/t8-,9-,10+,13-/m1/s1. The topological polar surface area (TPSA) is 46.2 Å². The van der Waals surface area contributed by atoms with E-state index in [1.54, 1.807) is 0 Å². The van der Waals surface area contributed by atoms with Gasteiger partial charge in [-0.2, -0.15) is 0 Å². The van der Waals surface area contributed by atoms with Crippen molar-refractivity contribution < 1.29 is 23.7 Å². The second-order valence-electron chi connectivity index (χ2n) is 5.71. The summed E-state index contributed by atoms with van der Waals surface area (Å²) in [5.74, 6) is -1.38. The Morgan fingerprint density at radius 1 is 1.30 bits per heavy atom. The molecule has 0 aliphatic carbocycles. The third-order valence-corrected chi connectivity index (χ3v) is 4.88. The Balaban J connectivity index is 1.85. The quantitative estimate of drug-likeness (QED) is 0.685. The van der Waals surface area contributed by atoms with E-state index in [4.69, 9.17) is 35.9 Å². The molecule has 0 saturated carbocycles. The summed E-state index contributed by atoms with van der Waals surface area (Å²) < 4.78 is 30.1. The molecule has 0 aromatic carbocycles. The van der Waals surface area contributed by atoms with E-state index in [0.29, 0.717) is 17.6 Å². The maximum absolute atomic E-state index is 6.02. The van der Waals surface area contributed by atoms with Crippen LogP contribution in [0.4, 0.5) is 0 Å². The minimum Gasteiger partial charge on any atom is -0.467 e. The molecule has 1 spiro atoms. The summed E-state index contributed by atoms with van der Waals surface area (Å²) in [6, 6.07) is 0. The number of hydrogen-bond donors (Lipinski definition) is 0. The Hall–Kier alpha value is 0.0800. The number of thioether (sulfide) groups is 1. The van der Waals surface area contributed by atoms with Crippen molar-refractivity contribution in [2.75, 3.05) is 19.5 Å². The summed E-state index contributed by atoms with van der Waals surface area (Å²) in [5, 5.41) is 0. The van der Waals surface area contributed by atoms with E-state index >= 15 is 0 Å². The lowest BCUT2D eigenvalue weighted by molar-refractivity contribution is -0.303. The zero-order valence-electron chi connectivity index (χ0n) is 11.9. The van der Waals surface area contributed by atoms with Crippen LogP contribution in [0.25, 0.3) is 0 Å². The van der Waals surface area contributed by atoms with E-state index in [2.05, 4.69) is 0 Å². The Kier molecular flexibility index (Phi) is 4.03. The highest BCUT2D eigenvalue weighted by Crippen LogP contribution is 2.44.